The summed E-state index contributed by atoms with van der Waals surface area (Å²) in [6.07, 6.45) is 1.14. The number of rotatable bonds is 3. The Balaban J connectivity index is 1.95. The number of benzene rings is 1. The third-order valence-electron chi connectivity index (χ3n) is 2.83. The lowest BCUT2D eigenvalue weighted by Crippen LogP contribution is -2.38. The van der Waals surface area contributed by atoms with Gasteiger partial charge in [-0.2, -0.15) is 0 Å². The number of carbonyl (C=O) groups excluding carboxylic acids is 2. The molecule has 1 aromatic rings. The Morgan fingerprint density at radius 3 is 3.00 bits per heavy atom. The molecule has 1 atom stereocenters. The van der Waals surface area contributed by atoms with Gasteiger partial charge in [0.1, 0.15) is 5.82 Å². The Kier molecular flexibility index (Phi) is 3.45. The van der Waals surface area contributed by atoms with Crippen LogP contribution in [0.2, 0.25) is 0 Å². The van der Waals surface area contributed by atoms with Crippen LogP contribution in [0.4, 0.5) is 10.1 Å². The van der Waals surface area contributed by atoms with Gasteiger partial charge in [-0.05, 0) is 24.6 Å². The Morgan fingerprint density at radius 1 is 1.56 bits per heavy atom. The van der Waals surface area contributed by atoms with E-state index in [1.807, 2.05) is 0 Å². The molecule has 96 valence electrons. The summed E-state index contributed by atoms with van der Waals surface area (Å²) in [5, 5.41) is 5.29. The van der Waals surface area contributed by atoms with Gasteiger partial charge in [-0.3, -0.25) is 9.59 Å². The maximum absolute atomic E-state index is 13.4. The largest absolute Gasteiger partial charge is 0.399 e. The van der Waals surface area contributed by atoms with Gasteiger partial charge in [0.2, 0.25) is 5.91 Å². The standard InChI is InChI=1S/C12H14FN3O2/c13-10-3-1-7(14)5-9(10)12(18)15-6-8-2-4-11(17)16-8/h1,3,5,8H,2,4,6,14H2,(H,15,18)(H,16,17). The predicted octanol–water partition coefficient (Wildman–Crippen LogP) is 0.416. The van der Waals surface area contributed by atoms with Crippen molar-refractivity contribution >= 4 is 17.5 Å². The minimum Gasteiger partial charge on any atom is -0.399 e. The highest BCUT2D eigenvalue weighted by atomic mass is 19.1. The molecule has 6 heteroatoms. The highest BCUT2D eigenvalue weighted by Crippen LogP contribution is 2.12. The molecular formula is C12H14FN3O2. The summed E-state index contributed by atoms with van der Waals surface area (Å²) in [5.74, 6) is -1.16. The van der Waals surface area contributed by atoms with Crippen LogP contribution in [0, 0.1) is 5.82 Å². The van der Waals surface area contributed by atoms with E-state index in [2.05, 4.69) is 10.6 Å². The van der Waals surface area contributed by atoms with E-state index in [1.165, 1.54) is 12.1 Å². The van der Waals surface area contributed by atoms with Crippen LogP contribution in [0.15, 0.2) is 18.2 Å². The molecule has 0 saturated carbocycles. The third-order valence-corrected chi connectivity index (χ3v) is 2.83. The number of nitrogen functional groups attached to an aromatic ring is 1. The fraction of sp³-hybridized carbons (Fsp3) is 0.333. The van der Waals surface area contributed by atoms with Crippen molar-refractivity contribution in [2.24, 2.45) is 0 Å². The smallest absolute Gasteiger partial charge is 0.254 e. The van der Waals surface area contributed by atoms with Crippen molar-refractivity contribution in [2.45, 2.75) is 18.9 Å². The van der Waals surface area contributed by atoms with Gasteiger partial charge in [-0.1, -0.05) is 0 Å². The van der Waals surface area contributed by atoms with E-state index < -0.39 is 11.7 Å². The summed E-state index contributed by atoms with van der Waals surface area (Å²) in [4.78, 5) is 22.7. The Labute approximate surface area is 104 Å². The average molecular weight is 251 g/mol. The minimum absolute atomic E-state index is 0.0237. The lowest BCUT2D eigenvalue weighted by molar-refractivity contribution is -0.119. The SMILES string of the molecule is Nc1ccc(F)c(C(=O)NCC2CCC(=O)N2)c1. The number of nitrogens with two attached hydrogens (primary N) is 1. The molecule has 1 saturated heterocycles. The molecule has 1 aliphatic rings. The van der Waals surface area contributed by atoms with Crippen molar-refractivity contribution in [1.29, 1.82) is 0 Å². The van der Waals surface area contributed by atoms with Gasteiger partial charge in [0.25, 0.3) is 5.91 Å². The summed E-state index contributed by atoms with van der Waals surface area (Å²) in [6, 6.07) is 3.76. The van der Waals surface area contributed by atoms with E-state index in [9.17, 15) is 14.0 Å². The van der Waals surface area contributed by atoms with Crippen LogP contribution in [0.25, 0.3) is 0 Å². The average Bonchev–Trinajstić information content (AvgIpc) is 2.75. The molecule has 0 aliphatic carbocycles. The number of nitrogens with one attached hydrogen (secondary N) is 2. The second-order valence-corrected chi connectivity index (χ2v) is 4.25. The zero-order valence-electron chi connectivity index (χ0n) is 9.70. The van der Waals surface area contributed by atoms with Crippen LogP contribution < -0.4 is 16.4 Å². The number of halogens is 1. The van der Waals surface area contributed by atoms with Crippen molar-refractivity contribution in [3.8, 4) is 0 Å². The van der Waals surface area contributed by atoms with Crippen molar-refractivity contribution in [3.63, 3.8) is 0 Å². The number of hydrogen-bond donors (Lipinski definition) is 3. The van der Waals surface area contributed by atoms with E-state index in [0.29, 0.717) is 25.1 Å². The number of carbonyl (C=O) groups is 2. The van der Waals surface area contributed by atoms with Crippen molar-refractivity contribution in [3.05, 3.63) is 29.6 Å². The maximum Gasteiger partial charge on any atom is 0.254 e. The summed E-state index contributed by atoms with van der Waals surface area (Å²) >= 11 is 0. The maximum atomic E-state index is 13.4. The first-order valence-corrected chi connectivity index (χ1v) is 5.69. The van der Waals surface area contributed by atoms with Crippen LogP contribution in [0.5, 0.6) is 0 Å². The fourth-order valence-corrected chi connectivity index (χ4v) is 1.86. The van der Waals surface area contributed by atoms with E-state index >= 15 is 0 Å². The summed E-state index contributed by atoms with van der Waals surface area (Å²) in [7, 11) is 0. The third kappa shape index (κ3) is 2.77. The number of amides is 2. The molecule has 1 fully saturated rings. The molecule has 4 N–H and O–H groups in total. The molecule has 1 heterocycles. The van der Waals surface area contributed by atoms with Gasteiger partial charge in [-0.25, -0.2) is 4.39 Å². The number of hydrogen-bond acceptors (Lipinski definition) is 3. The van der Waals surface area contributed by atoms with Crippen LogP contribution in [-0.2, 0) is 4.79 Å². The van der Waals surface area contributed by atoms with Gasteiger partial charge >= 0.3 is 0 Å². The van der Waals surface area contributed by atoms with Crippen molar-refractivity contribution in [2.75, 3.05) is 12.3 Å². The Bertz CT molecular complexity index is 490. The molecule has 5 nitrogen and oxygen atoms in total. The second-order valence-electron chi connectivity index (χ2n) is 4.25. The molecule has 1 unspecified atom stereocenters. The number of anilines is 1. The summed E-state index contributed by atoms with van der Waals surface area (Å²) < 4.78 is 13.4. The first kappa shape index (κ1) is 12.3. The Morgan fingerprint density at radius 2 is 2.33 bits per heavy atom. The molecule has 0 radical (unpaired) electrons. The van der Waals surface area contributed by atoms with Crippen molar-refractivity contribution in [1.82, 2.24) is 10.6 Å². The zero-order valence-corrected chi connectivity index (χ0v) is 9.70. The van der Waals surface area contributed by atoms with Gasteiger partial charge in [-0.15, -0.1) is 0 Å². The van der Waals surface area contributed by atoms with Crippen LogP contribution in [0.3, 0.4) is 0 Å². The second kappa shape index (κ2) is 5.03. The quantitative estimate of drug-likeness (QED) is 0.680. The van der Waals surface area contributed by atoms with E-state index in [-0.39, 0.29) is 17.5 Å². The normalized spacial score (nSPS) is 18.5. The highest BCUT2D eigenvalue weighted by Gasteiger charge is 2.21. The van der Waals surface area contributed by atoms with Gasteiger partial charge < -0.3 is 16.4 Å². The van der Waals surface area contributed by atoms with E-state index in [0.717, 1.165) is 6.07 Å². The molecule has 2 amide bonds. The predicted molar refractivity (Wildman–Crippen MR) is 64.3 cm³/mol. The topological polar surface area (TPSA) is 84.2 Å². The van der Waals surface area contributed by atoms with Crippen molar-refractivity contribution < 1.29 is 14.0 Å². The van der Waals surface area contributed by atoms with Gasteiger partial charge in [0, 0.05) is 24.7 Å². The molecular weight excluding hydrogens is 237 g/mol. The summed E-state index contributed by atoms with van der Waals surface area (Å²) in [5.41, 5.74) is 5.74. The van der Waals surface area contributed by atoms with Gasteiger partial charge in [0.15, 0.2) is 0 Å². The Hall–Kier alpha value is -2.11. The van der Waals surface area contributed by atoms with Crippen LogP contribution in [0.1, 0.15) is 23.2 Å². The molecule has 1 aromatic carbocycles. The first-order valence-electron chi connectivity index (χ1n) is 5.69. The minimum atomic E-state index is -0.614. The van der Waals surface area contributed by atoms with E-state index in [4.69, 9.17) is 5.73 Å². The monoisotopic (exact) mass is 251 g/mol. The fourth-order valence-electron chi connectivity index (χ4n) is 1.86. The molecule has 0 bridgehead atoms. The molecule has 2 rings (SSSR count). The molecule has 0 aromatic heterocycles. The van der Waals surface area contributed by atoms with E-state index in [1.54, 1.807) is 0 Å². The molecule has 0 spiro atoms. The lowest BCUT2D eigenvalue weighted by atomic mass is 10.1. The summed E-state index contributed by atoms with van der Waals surface area (Å²) in [6.45, 7) is 0.290. The van der Waals surface area contributed by atoms with Crippen LogP contribution in [-0.4, -0.2) is 24.4 Å². The molecule has 1 aliphatic heterocycles. The first-order chi connectivity index (χ1) is 8.56. The van der Waals surface area contributed by atoms with Crippen LogP contribution >= 0.6 is 0 Å². The highest BCUT2D eigenvalue weighted by molar-refractivity contribution is 5.95. The lowest BCUT2D eigenvalue weighted by Gasteiger charge is -2.11. The van der Waals surface area contributed by atoms with Gasteiger partial charge in [0.05, 0.1) is 5.56 Å². The zero-order chi connectivity index (χ0) is 13.1. The molecule has 18 heavy (non-hydrogen) atoms.